The topological polar surface area (TPSA) is 215 Å². The van der Waals surface area contributed by atoms with Gasteiger partial charge in [-0.15, -0.1) is 35.3 Å². The number of methoxy groups -OCH3 is 1. The Labute approximate surface area is 491 Å². The summed E-state index contributed by atoms with van der Waals surface area (Å²) in [5.41, 5.74) is -0.750. The van der Waals surface area contributed by atoms with E-state index in [0.717, 1.165) is 63.5 Å². The predicted molar refractivity (Wildman–Crippen MR) is 312 cm³/mol. The molecule has 0 amide bonds. The van der Waals surface area contributed by atoms with Crippen LogP contribution in [0.5, 0.6) is 0 Å². The first-order valence-electron chi connectivity index (χ1n) is 25.7. The molecule has 434 valence electrons. The van der Waals surface area contributed by atoms with Crippen molar-refractivity contribution in [2.45, 2.75) is 90.2 Å². The molecule has 8 aromatic rings. The third-order valence-corrected chi connectivity index (χ3v) is 16.9. The van der Waals surface area contributed by atoms with E-state index in [-0.39, 0.29) is 86.2 Å². The number of carbonyl (C=O) groups is 4. The molecule has 0 spiro atoms. The molecule has 4 aromatic heterocycles. The van der Waals surface area contributed by atoms with Crippen LogP contribution < -0.4 is 21.7 Å². The molecule has 4 aliphatic rings. The molecular formula is C58H50Cl2F4N4O12S3. The number of halogens is 6. The fourth-order valence-corrected chi connectivity index (χ4v) is 11.1. The second-order valence-electron chi connectivity index (χ2n) is 19.8. The third kappa shape index (κ3) is 12.9. The average Bonchev–Trinajstić information content (AvgIpc) is 3.57. The number of nitrogens with zero attached hydrogens (tertiary/aromatic N) is 4. The van der Waals surface area contributed by atoms with E-state index in [2.05, 4.69) is 0 Å². The summed E-state index contributed by atoms with van der Waals surface area (Å²) in [6, 6.07) is 11.8. The quantitative estimate of drug-likeness (QED) is 0.0340. The van der Waals surface area contributed by atoms with Gasteiger partial charge >= 0.3 is 17.9 Å². The molecule has 25 heteroatoms. The van der Waals surface area contributed by atoms with Gasteiger partial charge in [-0.2, -0.15) is 0 Å². The van der Waals surface area contributed by atoms with Gasteiger partial charge in [0, 0.05) is 92.3 Å². The number of esters is 1. The van der Waals surface area contributed by atoms with E-state index < -0.39 is 68.1 Å². The van der Waals surface area contributed by atoms with Gasteiger partial charge in [0.1, 0.15) is 46.6 Å². The van der Waals surface area contributed by atoms with Crippen LogP contribution in [-0.4, -0.2) is 90.7 Å². The average molecular weight is 1240 g/mol. The third-order valence-electron chi connectivity index (χ3n) is 14.2. The Morgan fingerprint density at radius 3 is 1.11 bits per heavy atom. The first-order valence-corrected chi connectivity index (χ1v) is 30.2. The summed E-state index contributed by atoms with van der Waals surface area (Å²) in [7, 11) is 1.50. The van der Waals surface area contributed by atoms with Gasteiger partial charge in [0.25, 0.3) is 5.24 Å². The van der Waals surface area contributed by atoms with Crippen LogP contribution in [0.3, 0.4) is 0 Å². The predicted octanol–water partition coefficient (Wildman–Crippen LogP) is 12.3. The minimum atomic E-state index is -1.31. The lowest BCUT2D eigenvalue weighted by Crippen LogP contribution is -2.22. The van der Waals surface area contributed by atoms with Crippen LogP contribution in [-0.2, 0) is 9.47 Å². The SMILES string of the molecule is COCCOC(=O)c1cn(C2CC2)c2cc(SC)c(F)cc2c1=O.CSc1cc2c(cc1F)c(=O)c(C(=O)Cl)cn2C1CC1.CSc1cc2c(cc1F)c(=O)c(C(=O)O)cn2C1CC1.O=C(O)c1cn(C2CC2)c2cc(Cl)c(F)cc2c1=O. The Balaban J connectivity index is 0.000000134. The van der Waals surface area contributed by atoms with Crippen molar-refractivity contribution < 1.29 is 56.4 Å². The number of thioether (sulfide) groups is 3. The number of carboxylic acid groups (broad SMARTS) is 2. The Kier molecular flexibility index (Phi) is 18.4. The fraction of sp³-hybridized carbons (Fsp3) is 0.310. The van der Waals surface area contributed by atoms with Gasteiger partial charge in [-0.1, -0.05) is 11.6 Å². The molecule has 0 bridgehead atoms. The minimum absolute atomic E-state index is 0.0497. The summed E-state index contributed by atoms with van der Waals surface area (Å²) < 4.78 is 72.5. The van der Waals surface area contributed by atoms with Crippen molar-refractivity contribution in [2.75, 3.05) is 39.1 Å². The van der Waals surface area contributed by atoms with Crippen LogP contribution >= 0.6 is 58.5 Å². The standard InChI is InChI=1S/C17H18FNO4S.C14H11ClFNO2S.C14H12FNO3S.C13H9ClFNO3/c1-22-5-6-23-17(21)12-9-19(10-3-4-10)14-8-15(24-2)13(18)7-11(14)16(12)20;1-20-12-5-11-8(4-10(12)16)13(18)9(14(15)19)6-17(11)7-2-3-7;1-20-12-5-11-8(4-10(12)15)13(17)9(14(18)19)6-16(11)7-2-3-7;14-9-4-11-7(3-10(9)15)12(17)8(13(18)19)5-16(11)6-1-2-6/h7-10H,3-6H2,1-2H3;4-7H,2-3H2,1H3;4-7H,2-3H2,1H3,(H,18,19);3-6H,1-2H2,(H,18,19). The maximum Gasteiger partial charge on any atom is 0.343 e. The molecular weight excluding hydrogens is 1190 g/mol. The van der Waals surface area contributed by atoms with Gasteiger partial charge in [0.2, 0.25) is 21.7 Å². The highest BCUT2D eigenvalue weighted by Crippen LogP contribution is 2.41. The van der Waals surface area contributed by atoms with Gasteiger partial charge in [0.05, 0.1) is 39.3 Å². The molecule has 12 rings (SSSR count). The molecule has 0 radical (unpaired) electrons. The highest BCUT2D eigenvalue weighted by molar-refractivity contribution is 7.99. The summed E-state index contributed by atoms with van der Waals surface area (Å²) in [6.45, 7) is 0.317. The molecule has 0 saturated heterocycles. The number of ether oxygens (including phenoxy) is 2. The highest BCUT2D eigenvalue weighted by Gasteiger charge is 2.31. The Bertz CT molecular complexity index is 4120. The molecule has 4 saturated carbocycles. The number of carboxylic acids is 2. The zero-order chi connectivity index (χ0) is 59.9. The Morgan fingerprint density at radius 2 is 0.795 bits per heavy atom. The summed E-state index contributed by atoms with van der Waals surface area (Å²) in [4.78, 5) is 96.2. The number of aromatic carboxylic acids is 2. The second-order valence-corrected chi connectivity index (χ2v) is 23.1. The van der Waals surface area contributed by atoms with Crippen LogP contribution in [0.4, 0.5) is 17.6 Å². The lowest BCUT2D eigenvalue weighted by Gasteiger charge is -2.14. The number of pyridine rings is 4. The van der Waals surface area contributed by atoms with Crippen molar-refractivity contribution in [3.05, 3.63) is 165 Å². The smallest absolute Gasteiger partial charge is 0.343 e. The number of benzene rings is 4. The van der Waals surface area contributed by atoms with Crippen LogP contribution in [0, 0.1) is 23.3 Å². The van der Waals surface area contributed by atoms with E-state index in [1.165, 1.54) is 79.2 Å². The van der Waals surface area contributed by atoms with Gasteiger partial charge < -0.3 is 38.0 Å². The normalized spacial score (nSPS) is 14.6. The zero-order valence-electron chi connectivity index (χ0n) is 44.6. The molecule has 83 heavy (non-hydrogen) atoms. The van der Waals surface area contributed by atoms with Crippen LogP contribution in [0.1, 0.15) is 117 Å². The van der Waals surface area contributed by atoms with Gasteiger partial charge in [-0.05, 0) is 130 Å². The number of aromatic nitrogens is 4. The molecule has 0 unspecified atom stereocenters. The summed E-state index contributed by atoms with van der Waals surface area (Å²) in [5, 5.41) is 17.9. The molecule has 16 nitrogen and oxygen atoms in total. The molecule has 2 N–H and O–H groups in total. The van der Waals surface area contributed by atoms with Crippen molar-refractivity contribution in [1.82, 2.24) is 18.3 Å². The molecule has 4 aromatic carbocycles. The van der Waals surface area contributed by atoms with Crippen molar-refractivity contribution >= 4 is 125 Å². The lowest BCUT2D eigenvalue weighted by molar-refractivity contribution is 0.0385. The van der Waals surface area contributed by atoms with E-state index >= 15 is 0 Å². The molecule has 4 heterocycles. The summed E-state index contributed by atoms with van der Waals surface area (Å²) in [6.07, 6.45) is 18.7. The largest absolute Gasteiger partial charge is 0.477 e. The van der Waals surface area contributed by atoms with Gasteiger partial charge in [-0.3, -0.25) is 24.0 Å². The Morgan fingerprint density at radius 1 is 0.494 bits per heavy atom. The van der Waals surface area contributed by atoms with Crippen LogP contribution in [0.2, 0.25) is 5.02 Å². The van der Waals surface area contributed by atoms with E-state index in [4.69, 9.17) is 42.9 Å². The molecule has 0 atom stereocenters. The van der Waals surface area contributed by atoms with E-state index in [1.54, 1.807) is 52.3 Å². The number of hydrogen-bond acceptors (Lipinski definition) is 13. The monoisotopic (exact) mass is 1240 g/mol. The maximum atomic E-state index is 14.1. The zero-order valence-corrected chi connectivity index (χ0v) is 48.5. The van der Waals surface area contributed by atoms with Crippen molar-refractivity contribution in [2.24, 2.45) is 0 Å². The minimum Gasteiger partial charge on any atom is -0.477 e. The lowest BCUT2D eigenvalue weighted by atomic mass is 10.1. The van der Waals surface area contributed by atoms with Crippen molar-refractivity contribution in [1.29, 1.82) is 0 Å². The van der Waals surface area contributed by atoms with E-state index in [9.17, 15) is 55.9 Å². The molecule has 4 aliphatic carbocycles. The fourth-order valence-electron chi connectivity index (χ4n) is 9.37. The highest BCUT2D eigenvalue weighted by atomic mass is 35.5. The van der Waals surface area contributed by atoms with Crippen molar-refractivity contribution in [3.63, 3.8) is 0 Å². The van der Waals surface area contributed by atoms with Crippen LogP contribution in [0.25, 0.3) is 43.6 Å². The summed E-state index contributed by atoms with van der Waals surface area (Å²) >= 11 is 15.0. The maximum absolute atomic E-state index is 14.1. The molecule has 4 fully saturated rings. The van der Waals surface area contributed by atoms with Gasteiger partial charge in [0.15, 0.2) is 0 Å². The van der Waals surface area contributed by atoms with E-state index in [1.807, 2.05) is 9.13 Å². The summed E-state index contributed by atoms with van der Waals surface area (Å²) in [5.74, 6) is -5.42. The number of fused-ring (bicyclic) bond motifs is 4. The molecule has 0 aliphatic heterocycles. The first-order chi connectivity index (χ1) is 39.6. The Hall–Kier alpha value is -6.89. The number of hydrogen-bond donors (Lipinski definition) is 2. The first kappa shape index (κ1) is 60.7. The van der Waals surface area contributed by atoms with Crippen LogP contribution in [0.15, 0.2) is 107 Å². The number of carbonyl (C=O) groups excluding carboxylic acids is 2. The van der Waals surface area contributed by atoms with Crippen molar-refractivity contribution in [3.8, 4) is 0 Å². The number of rotatable bonds is 14. The van der Waals surface area contributed by atoms with Gasteiger partial charge in [-0.25, -0.2) is 31.9 Å². The van der Waals surface area contributed by atoms with E-state index in [0.29, 0.717) is 36.8 Å². The second kappa shape index (κ2) is 25.1.